The maximum absolute atomic E-state index is 12.9. The molecule has 3 aromatic rings. The molecule has 1 fully saturated rings. The summed E-state index contributed by atoms with van der Waals surface area (Å²) in [6.45, 7) is 0.145. The molecule has 2 aromatic carbocycles. The van der Waals surface area contributed by atoms with Gasteiger partial charge in [-0.05, 0) is 52.5 Å². The maximum atomic E-state index is 12.9. The van der Waals surface area contributed by atoms with Crippen molar-refractivity contribution in [3.05, 3.63) is 82.0 Å². The smallest absolute Gasteiger partial charge is 0.407 e. The van der Waals surface area contributed by atoms with E-state index in [2.05, 4.69) is 22.8 Å². The Morgan fingerprint density at radius 1 is 0.941 bits per heavy atom. The molecule has 8 heteroatoms. The van der Waals surface area contributed by atoms with E-state index >= 15 is 0 Å². The molecule has 2 amide bonds. The molecule has 7 nitrogen and oxygen atoms in total. The average Bonchev–Trinajstić information content (AvgIpc) is 3.43. The van der Waals surface area contributed by atoms with E-state index < -0.39 is 30.1 Å². The SMILES string of the molecule is O=C(NC(C(=O)NC(C(=O)O)c1cccs1)C1CC1)OCC1c2ccccc2-c2ccccc21. The second-order valence-corrected chi connectivity index (χ2v) is 9.56. The summed E-state index contributed by atoms with van der Waals surface area (Å²) < 4.78 is 5.58. The number of benzene rings is 2. The van der Waals surface area contributed by atoms with Crippen molar-refractivity contribution < 1.29 is 24.2 Å². The second kappa shape index (κ2) is 9.30. The molecule has 0 radical (unpaired) electrons. The van der Waals surface area contributed by atoms with E-state index in [-0.39, 0.29) is 18.4 Å². The molecule has 174 valence electrons. The van der Waals surface area contributed by atoms with Crippen molar-refractivity contribution in [1.29, 1.82) is 0 Å². The van der Waals surface area contributed by atoms with Crippen LogP contribution in [0.2, 0.25) is 0 Å². The zero-order chi connectivity index (χ0) is 23.7. The van der Waals surface area contributed by atoms with Crippen LogP contribution >= 0.6 is 11.3 Å². The van der Waals surface area contributed by atoms with Gasteiger partial charge in [-0.3, -0.25) is 4.79 Å². The molecule has 0 spiro atoms. The maximum Gasteiger partial charge on any atom is 0.407 e. The summed E-state index contributed by atoms with van der Waals surface area (Å²) in [6.07, 6.45) is 0.897. The van der Waals surface area contributed by atoms with E-state index in [4.69, 9.17) is 4.74 Å². The molecule has 2 aliphatic carbocycles. The topological polar surface area (TPSA) is 105 Å². The molecule has 2 aliphatic rings. The Morgan fingerprint density at radius 3 is 2.15 bits per heavy atom. The highest BCUT2D eigenvalue weighted by Gasteiger charge is 2.39. The van der Waals surface area contributed by atoms with Gasteiger partial charge < -0.3 is 20.5 Å². The van der Waals surface area contributed by atoms with E-state index in [1.807, 2.05) is 36.4 Å². The molecule has 1 aromatic heterocycles. The van der Waals surface area contributed by atoms with Crippen LogP contribution in [-0.2, 0) is 14.3 Å². The highest BCUT2D eigenvalue weighted by Crippen LogP contribution is 2.44. The monoisotopic (exact) mass is 476 g/mol. The zero-order valence-corrected chi connectivity index (χ0v) is 19.1. The minimum Gasteiger partial charge on any atom is -0.479 e. The first-order chi connectivity index (χ1) is 16.5. The number of amides is 2. The molecule has 0 bridgehead atoms. The van der Waals surface area contributed by atoms with Crippen LogP contribution in [0.4, 0.5) is 4.79 Å². The summed E-state index contributed by atoms with van der Waals surface area (Å²) in [5, 5.41) is 16.6. The molecule has 3 N–H and O–H groups in total. The first-order valence-electron chi connectivity index (χ1n) is 11.2. The van der Waals surface area contributed by atoms with E-state index in [0.29, 0.717) is 4.88 Å². The van der Waals surface area contributed by atoms with Crippen molar-refractivity contribution in [1.82, 2.24) is 10.6 Å². The van der Waals surface area contributed by atoms with Gasteiger partial charge in [-0.25, -0.2) is 9.59 Å². The number of hydrogen-bond acceptors (Lipinski definition) is 5. The van der Waals surface area contributed by atoms with Crippen LogP contribution in [-0.4, -0.2) is 35.7 Å². The molecule has 5 rings (SSSR count). The lowest BCUT2D eigenvalue weighted by molar-refractivity contribution is -0.142. The van der Waals surface area contributed by atoms with Gasteiger partial charge in [0.05, 0.1) is 0 Å². The third-order valence-corrected chi connectivity index (χ3v) is 7.29. The van der Waals surface area contributed by atoms with Gasteiger partial charge in [-0.1, -0.05) is 54.6 Å². The number of aliphatic carboxylic acids is 1. The van der Waals surface area contributed by atoms with Crippen LogP contribution in [0.3, 0.4) is 0 Å². The molecule has 0 saturated heterocycles. The van der Waals surface area contributed by atoms with Crippen molar-refractivity contribution in [2.75, 3.05) is 6.61 Å². The average molecular weight is 477 g/mol. The largest absolute Gasteiger partial charge is 0.479 e. The summed E-state index contributed by atoms with van der Waals surface area (Å²) in [4.78, 5) is 37.8. The number of nitrogens with one attached hydrogen (secondary N) is 2. The van der Waals surface area contributed by atoms with E-state index in [0.717, 1.165) is 35.1 Å². The minimum absolute atomic E-state index is 0.0294. The van der Waals surface area contributed by atoms with Gasteiger partial charge in [0.15, 0.2) is 6.04 Å². The Balaban J connectivity index is 1.25. The number of carbonyl (C=O) groups is 3. The molecular formula is C26H24N2O5S. The molecule has 2 atom stereocenters. The normalized spacial score (nSPS) is 16.1. The van der Waals surface area contributed by atoms with Crippen molar-refractivity contribution in [3.63, 3.8) is 0 Å². The van der Waals surface area contributed by atoms with Crippen LogP contribution in [0.25, 0.3) is 11.1 Å². The van der Waals surface area contributed by atoms with Crippen LogP contribution < -0.4 is 10.6 Å². The molecule has 0 aliphatic heterocycles. The number of carboxylic acid groups (broad SMARTS) is 1. The van der Waals surface area contributed by atoms with E-state index in [1.54, 1.807) is 17.5 Å². The number of carbonyl (C=O) groups excluding carboxylic acids is 2. The van der Waals surface area contributed by atoms with Gasteiger partial charge in [0.25, 0.3) is 0 Å². The Labute approximate surface area is 200 Å². The molecule has 1 heterocycles. The Morgan fingerprint density at radius 2 is 1.59 bits per heavy atom. The number of ether oxygens (including phenoxy) is 1. The highest BCUT2D eigenvalue weighted by atomic mass is 32.1. The number of carboxylic acids is 1. The fraction of sp³-hybridized carbons (Fsp3) is 0.269. The molecule has 34 heavy (non-hydrogen) atoms. The highest BCUT2D eigenvalue weighted by molar-refractivity contribution is 7.10. The van der Waals surface area contributed by atoms with E-state index in [1.165, 1.54) is 11.3 Å². The summed E-state index contributed by atoms with van der Waals surface area (Å²) in [7, 11) is 0. The Bertz CT molecular complexity index is 1180. The lowest BCUT2D eigenvalue weighted by Crippen LogP contribution is -2.50. The third kappa shape index (κ3) is 4.41. The van der Waals surface area contributed by atoms with Crippen molar-refractivity contribution in [3.8, 4) is 11.1 Å². The lowest BCUT2D eigenvalue weighted by Gasteiger charge is -2.21. The molecule has 1 saturated carbocycles. The summed E-state index contributed by atoms with van der Waals surface area (Å²) in [5.41, 5.74) is 4.48. The summed E-state index contributed by atoms with van der Waals surface area (Å²) in [6, 6.07) is 17.5. The number of fused-ring (bicyclic) bond motifs is 3. The first kappa shape index (κ1) is 22.2. The Kier molecular flexibility index (Phi) is 6.06. The van der Waals surface area contributed by atoms with Crippen LogP contribution in [0.5, 0.6) is 0 Å². The summed E-state index contributed by atoms with van der Waals surface area (Å²) >= 11 is 1.25. The fourth-order valence-corrected chi connectivity index (χ4v) is 5.30. The standard InChI is InChI=1S/C26H24N2O5S/c29-24(27-23(25(30)31)21-10-5-13-34-21)22(15-11-12-15)28-26(32)33-14-20-18-8-3-1-6-16(18)17-7-2-4-9-19(17)20/h1-10,13,15,20,22-23H,11-12,14H2,(H,27,29)(H,28,32)(H,30,31). The van der Waals surface area contributed by atoms with Gasteiger partial charge >= 0.3 is 12.1 Å². The lowest BCUT2D eigenvalue weighted by atomic mass is 9.98. The van der Waals surface area contributed by atoms with Crippen molar-refractivity contribution in [2.24, 2.45) is 5.92 Å². The second-order valence-electron chi connectivity index (χ2n) is 8.58. The van der Waals surface area contributed by atoms with Crippen LogP contribution in [0.15, 0.2) is 66.0 Å². The predicted molar refractivity (Wildman–Crippen MR) is 128 cm³/mol. The number of thiophene rings is 1. The number of rotatable bonds is 8. The fourth-order valence-electron chi connectivity index (χ4n) is 4.54. The van der Waals surface area contributed by atoms with Gasteiger partial charge in [-0.2, -0.15) is 0 Å². The number of alkyl carbamates (subject to hydrolysis) is 1. The Hall–Kier alpha value is -3.65. The van der Waals surface area contributed by atoms with Crippen molar-refractivity contribution in [2.45, 2.75) is 30.8 Å². The van der Waals surface area contributed by atoms with Gasteiger partial charge in [0.2, 0.25) is 5.91 Å². The quantitative estimate of drug-likeness (QED) is 0.449. The van der Waals surface area contributed by atoms with Crippen LogP contribution in [0.1, 0.15) is 40.8 Å². The summed E-state index contributed by atoms with van der Waals surface area (Å²) in [5.74, 6) is -1.77. The van der Waals surface area contributed by atoms with Gasteiger partial charge in [0.1, 0.15) is 12.6 Å². The van der Waals surface area contributed by atoms with E-state index in [9.17, 15) is 19.5 Å². The van der Waals surface area contributed by atoms with Crippen molar-refractivity contribution >= 4 is 29.3 Å². The first-order valence-corrected chi connectivity index (χ1v) is 12.1. The molecule has 2 unspecified atom stereocenters. The number of hydrogen-bond donors (Lipinski definition) is 3. The van der Waals surface area contributed by atoms with Crippen LogP contribution in [0, 0.1) is 5.92 Å². The molecular weight excluding hydrogens is 452 g/mol. The van der Waals surface area contributed by atoms with Gasteiger partial charge in [0, 0.05) is 10.8 Å². The third-order valence-electron chi connectivity index (χ3n) is 6.35. The van der Waals surface area contributed by atoms with Gasteiger partial charge in [-0.15, -0.1) is 11.3 Å². The zero-order valence-electron chi connectivity index (χ0n) is 18.3. The minimum atomic E-state index is -1.15. The predicted octanol–water partition coefficient (Wildman–Crippen LogP) is 4.31.